The second-order valence-electron chi connectivity index (χ2n) is 7.23. The Morgan fingerprint density at radius 2 is 1.46 bits per heavy atom. The van der Waals surface area contributed by atoms with E-state index in [0.717, 1.165) is 25.0 Å². The molecule has 0 aromatic heterocycles. The first kappa shape index (κ1) is 20.5. The Balaban J connectivity index is 1.63. The predicted octanol–water partition coefficient (Wildman–Crippen LogP) is 6.76. The first-order chi connectivity index (χ1) is 12.7. The number of aromatic hydroxyl groups is 1. The molecule has 1 atom stereocenters. The van der Waals surface area contributed by atoms with Gasteiger partial charge in [0.2, 0.25) is 0 Å². The van der Waals surface area contributed by atoms with Crippen LogP contribution in [0.5, 0.6) is 5.75 Å². The zero-order chi connectivity index (χ0) is 18.6. The van der Waals surface area contributed by atoms with Gasteiger partial charge in [0.05, 0.1) is 6.10 Å². The predicted molar refractivity (Wildman–Crippen MR) is 111 cm³/mol. The Morgan fingerprint density at radius 3 is 2.12 bits per heavy atom. The molecule has 142 valence electrons. The lowest BCUT2D eigenvalue weighted by molar-refractivity contribution is 0.0559. The zero-order valence-electron chi connectivity index (χ0n) is 16.4. The molecular formula is C24H34O2. The van der Waals surface area contributed by atoms with Crippen LogP contribution in [-0.2, 0) is 11.2 Å². The molecule has 26 heavy (non-hydrogen) atoms. The third-order valence-corrected chi connectivity index (χ3v) is 4.88. The van der Waals surface area contributed by atoms with Crippen molar-refractivity contribution in [2.75, 3.05) is 6.61 Å². The van der Waals surface area contributed by atoms with Crippen molar-refractivity contribution in [2.45, 2.75) is 71.3 Å². The molecule has 2 heteroatoms. The summed E-state index contributed by atoms with van der Waals surface area (Å²) in [7, 11) is 0. The molecule has 1 unspecified atom stereocenters. The van der Waals surface area contributed by atoms with Gasteiger partial charge in [-0.05, 0) is 61.4 Å². The monoisotopic (exact) mass is 354 g/mol. The molecule has 2 aromatic carbocycles. The first-order valence-corrected chi connectivity index (χ1v) is 10.2. The van der Waals surface area contributed by atoms with Gasteiger partial charge in [0.25, 0.3) is 0 Å². The van der Waals surface area contributed by atoms with E-state index >= 15 is 0 Å². The van der Waals surface area contributed by atoms with Crippen LogP contribution in [0.15, 0.2) is 48.5 Å². The van der Waals surface area contributed by atoms with Gasteiger partial charge >= 0.3 is 0 Å². The minimum absolute atomic E-state index is 0.310. The molecule has 2 aromatic rings. The number of aryl methyl sites for hydroxylation is 1. The van der Waals surface area contributed by atoms with Crippen molar-refractivity contribution < 1.29 is 9.84 Å². The quantitative estimate of drug-likeness (QED) is 0.427. The Hall–Kier alpha value is -1.80. The van der Waals surface area contributed by atoms with E-state index in [4.69, 9.17) is 4.74 Å². The van der Waals surface area contributed by atoms with Crippen LogP contribution in [0.3, 0.4) is 0 Å². The molecule has 1 N–H and O–H groups in total. The Labute approximate surface area is 159 Å². The number of rotatable bonds is 12. The molecule has 2 nitrogen and oxygen atoms in total. The zero-order valence-corrected chi connectivity index (χ0v) is 16.4. The molecule has 0 spiro atoms. The van der Waals surface area contributed by atoms with Crippen molar-refractivity contribution >= 4 is 0 Å². The standard InChI is InChI=1S/C24H34O2/c1-3-4-5-8-19-26-20(2)9-6-7-10-21-11-13-22(14-12-21)23-15-17-24(25)18-16-23/h11-18,20,25H,3-10,19H2,1-2H3. The second-order valence-corrected chi connectivity index (χ2v) is 7.23. The van der Waals surface area contributed by atoms with Crippen LogP contribution in [0.4, 0.5) is 0 Å². The maximum absolute atomic E-state index is 9.38. The van der Waals surface area contributed by atoms with E-state index in [9.17, 15) is 5.11 Å². The number of hydrogen-bond donors (Lipinski definition) is 1. The van der Waals surface area contributed by atoms with Crippen LogP contribution in [0.1, 0.15) is 64.4 Å². The van der Waals surface area contributed by atoms with Crippen molar-refractivity contribution in [3.05, 3.63) is 54.1 Å². The largest absolute Gasteiger partial charge is 0.508 e. The van der Waals surface area contributed by atoms with Crippen LogP contribution < -0.4 is 0 Å². The molecule has 0 fully saturated rings. The fraction of sp³-hybridized carbons (Fsp3) is 0.500. The van der Waals surface area contributed by atoms with E-state index in [2.05, 4.69) is 38.1 Å². The van der Waals surface area contributed by atoms with Crippen LogP contribution in [0.25, 0.3) is 11.1 Å². The molecule has 0 radical (unpaired) electrons. The SMILES string of the molecule is CCCCCCOC(C)CCCCc1ccc(-c2ccc(O)cc2)cc1. The summed E-state index contributed by atoms with van der Waals surface area (Å²) in [5.74, 6) is 0.310. The minimum atomic E-state index is 0.310. The Morgan fingerprint density at radius 1 is 0.808 bits per heavy atom. The topological polar surface area (TPSA) is 29.5 Å². The van der Waals surface area contributed by atoms with E-state index in [1.807, 2.05) is 12.1 Å². The summed E-state index contributed by atoms with van der Waals surface area (Å²) < 4.78 is 5.90. The number of hydrogen-bond acceptors (Lipinski definition) is 2. The van der Waals surface area contributed by atoms with Crippen molar-refractivity contribution in [2.24, 2.45) is 0 Å². The van der Waals surface area contributed by atoms with Gasteiger partial charge in [0, 0.05) is 6.61 Å². The normalized spacial score (nSPS) is 12.2. The molecule has 0 aliphatic carbocycles. The van der Waals surface area contributed by atoms with Gasteiger partial charge in [-0.25, -0.2) is 0 Å². The maximum Gasteiger partial charge on any atom is 0.115 e. The molecule has 0 bridgehead atoms. The average molecular weight is 355 g/mol. The highest BCUT2D eigenvalue weighted by molar-refractivity contribution is 5.64. The van der Waals surface area contributed by atoms with E-state index in [0.29, 0.717) is 11.9 Å². The molecule has 0 aliphatic rings. The highest BCUT2D eigenvalue weighted by atomic mass is 16.5. The van der Waals surface area contributed by atoms with Crippen molar-refractivity contribution in [3.63, 3.8) is 0 Å². The van der Waals surface area contributed by atoms with Gasteiger partial charge in [-0.15, -0.1) is 0 Å². The molecule has 0 saturated heterocycles. The van der Waals surface area contributed by atoms with Crippen molar-refractivity contribution in [3.8, 4) is 16.9 Å². The van der Waals surface area contributed by atoms with Crippen LogP contribution in [0.2, 0.25) is 0 Å². The summed E-state index contributed by atoms with van der Waals surface area (Å²) in [6, 6.07) is 16.1. The average Bonchev–Trinajstić information content (AvgIpc) is 2.66. The minimum Gasteiger partial charge on any atom is -0.508 e. The van der Waals surface area contributed by atoms with Crippen molar-refractivity contribution in [1.82, 2.24) is 0 Å². The van der Waals surface area contributed by atoms with E-state index in [1.165, 1.54) is 49.7 Å². The fourth-order valence-corrected chi connectivity index (χ4v) is 3.18. The highest BCUT2D eigenvalue weighted by Crippen LogP contribution is 2.22. The molecule has 0 amide bonds. The van der Waals surface area contributed by atoms with Gasteiger partial charge in [-0.3, -0.25) is 0 Å². The van der Waals surface area contributed by atoms with Crippen LogP contribution in [0, 0.1) is 0 Å². The summed E-state index contributed by atoms with van der Waals surface area (Å²) >= 11 is 0. The summed E-state index contributed by atoms with van der Waals surface area (Å²) in [4.78, 5) is 0. The maximum atomic E-state index is 9.38. The van der Waals surface area contributed by atoms with Crippen molar-refractivity contribution in [1.29, 1.82) is 0 Å². The third kappa shape index (κ3) is 7.61. The third-order valence-electron chi connectivity index (χ3n) is 4.88. The van der Waals surface area contributed by atoms with E-state index in [-0.39, 0.29) is 0 Å². The fourth-order valence-electron chi connectivity index (χ4n) is 3.18. The highest BCUT2D eigenvalue weighted by Gasteiger charge is 2.03. The van der Waals surface area contributed by atoms with Gasteiger partial charge < -0.3 is 9.84 Å². The lowest BCUT2D eigenvalue weighted by Gasteiger charge is -2.13. The molecule has 0 saturated carbocycles. The van der Waals surface area contributed by atoms with E-state index < -0.39 is 0 Å². The number of phenols is 1. The lowest BCUT2D eigenvalue weighted by atomic mass is 10.0. The summed E-state index contributed by atoms with van der Waals surface area (Å²) in [6.45, 7) is 5.36. The Kier molecular flexibility index (Phi) is 9.27. The van der Waals surface area contributed by atoms with E-state index in [1.54, 1.807) is 12.1 Å². The summed E-state index contributed by atoms with van der Waals surface area (Å²) in [5, 5.41) is 9.38. The Bertz CT molecular complexity index is 601. The molecule has 0 aliphatic heterocycles. The number of ether oxygens (including phenoxy) is 1. The van der Waals surface area contributed by atoms with Gasteiger partial charge in [-0.2, -0.15) is 0 Å². The van der Waals surface area contributed by atoms with Gasteiger partial charge in [-0.1, -0.05) is 69.0 Å². The first-order valence-electron chi connectivity index (χ1n) is 10.2. The number of phenolic OH excluding ortho intramolecular Hbond substituents is 1. The molecular weight excluding hydrogens is 320 g/mol. The summed E-state index contributed by atoms with van der Waals surface area (Å²) in [5.41, 5.74) is 3.72. The number of unbranched alkanes of at least 4 members (excludes halogenated alkanes) is 4. The van der Waals surface area contributed by atoms with Gasteiger partial charge in [0.1, 0.15) is 5.75 Å². The molecule has 0 heterocycles. The lowest BCUT2D eigenvalue weighted by Crippen LogP contribution is -2.09. The van der Waals surface area contributed by atoms with Gasteiger partial charge in [0.15, 0.2) is 0 Å². The van der Waals surface area contributed by atoms with Crippen LogP contribution >= 0.6 is 0 Å². The molecule has 2 rings (SSSR count). The smallest absolute Gasteiger partial charge is 0.115 e. The summed E-state index contributed by atoms with van der Waals surface area (Å²) in [6.07, 6.45) is 10.2. The van der Waals surface area contributed by atoms with Crippen LogP contribution in [-0.4, -0.2) is 17.8 Å². The number of benzene rings is 2. The second kappa shape index (κ2) is 11.7.